The minimum atomic E-state index is -9.61. The molecule has 0 aromatic carbocycles. The molecule has 0 heterocycles. The first-order valence-electron chi connectivity index (χ1n) is 12.6. The van der Waals surface area contributed by atoms with Crippen molar-refractivity contribution in [2.24, 2.45) is 0 Å². The topological polar surface area (TPSA) is 94.6 Å². The Hall–Kier alpha value is -1.83. The van der Waals surface area contributed by atoms with Crippen molar-refractivity contribution in [3.05, 3.63) is 0 Å². The molecule has 0 rings (SSSR count). The number of nitrogens with zero attached hydrogens (tertiary/aromatic N) is 2. The summed E-state index contributed by atoms with van der Waals surface area (Å²) in [7, 11) is -10.3. The van der Waals surface area contributed by atoms with Crippen LogP contribution in [0.1, 0.15) is 12.8 Å². The third kappa shape index (κ3) is 7.68. The Morgan fingerprint density at radius 1 is 0.481 bits per heavy atom. The lowest BCUT2D eigenvalue weighted by atomic mass is 9.86. The van der Waals surface area contributed by atoms with E-state index in [0.717, 1.165) is 0 Å². The first-order chi connectivity index (χ1) is 22.1. The fourth-order valence-corrected chi connectivity index (χ4v) is 5.42. The van der Waals surface area contributed by atoms with Crippen LogP contribution in [0.25, 0.3) is 0 Å². The minimum absolute atomic E-state index is 0.220. The Morgan fingerprint density at radius 3 is 1.04 bits per heavy atom. The van der Waals surface area contributed by atoms with Gasteiger partial charge in [0, 0.05) is 32.2 Å². The van der Waals surface area contributed by atoms with Gasteiger partial charge in [0.05, 0.1) is 37.3 Å². The van der Waals surface area contributed by atoms with Crippen molar-refractivity contribution in [2.45, 2.75) is 77.6 Å². The molecule has 0 aliphatic heterocycles. The Labute approximate surface area is 276 Å². The molecule has 0 aliphatic rings. The molecule has 7 nitrogen and oxygen atoms in total. The van der Waals surface area contributed by atoms with Gasteiger partial charge in [-0.05, 0) is 0 Å². The maximum absolute atomic E-state index is 14.4. The van der Waals surface area contributed by atoms with E-state index in [9.17, 15) is 122 Å². The van der Waals surface area contributed by atoms with Gasteiger partial charge in [0.2, 0.25) is 0 Å². The normalized spacial score (nSPS) is 16.5. The summed E-state index contributed by atoms with van der Waals surface area (Å²) in [5, 5.41) is -7.94. The van der Waals surface area contributed by atoms with E-state index in [1.165, 1.54) is 14.1 Å². The lowest BCUT2D eigenvalue weighted by Crippen LogP contribution is -2.78. The first kappa shape index (κ1) is 50.2. The van der Waals surface area contributed by atoms with Gasteiger partial charge < -0.3 is 9.04 Å². The molecular weight excluding hydrogens is 849 g/mol. The fourth-order valence-electron chi connectivity index (χ4n) is 3.72. The summed E-state index contributed by atoms with van der Waals surface area (Å²) in [6, 6.07) is 0. The number of hydrogen-bond acceptors (Lipinski definition) is 5. The molecule has 0 unspecified atom stereocenters. The average molecular weight is 870 g/mol. The van der Waals surface area contributed by atoms with Crippen molar-refractivity contribution < 1.29 is 127 Å². The second-order valence-electron chi connectivity index (χ2n) is 11.4. The Balaban J connectivity index is 6.85. The number of alkyl halides is 23. The average Bonchev–Trinajstić information content (AvgIpc) is 2.90. The zero-order valence-electron chi connectivity index (χ0n) is 25.2. The van der Waals surface area contributed by atoms with Crippen molar-refractivity contribution in [2.75, 3.05) is 46.5 Å². The zero-order valence-corrected chi connectivity index (χ0v) is 26.8. The van der Waals surface area contributed by atoms with E-state index in [4.69, 9.17) is 0 Å². The molecule has 0 spiro atoms. The summed E-state index contributed by atoms with van der Waals surface area (Å²) in [5.41, 5.74) is 0. The summed E-state index contributed by atoms with van der Waals surface area (Å²) in [5.74, 6) is -84.3. The second-order valence-corrected chi connectivity index (χ2v) is 15.0. The number of sulfonamides is 1. The standard InChI is InChI=1S/C20H21F23N2O5S2/c1-44(6-4-7-45(2,3)8-5-9-51(46,47)48)52(49,50)20(42,43)18(37,38)16(33,34)14(29,30)12(25,26)10(21,22)11(23,24)13(27,28)15(31,32)17(35,36)19(39,40)41/h4-9H2,1-3H3. The molecule has 0 atom stereocenters. The maximum atomic E-state index is 14.4. The number of halogens is 23. The largest absolute Gasteiger partial charge is 0.748 e. The summed E-state index contributed by atoms with van der Waals surface area (Å²) in [6.07, 6.45) is -9.45. The minimum Gasteiger partial charge on any atom is -0.748 e. The molecule has 0 aromatic rings. The van der Waals surface area contributed by atoms with Gasteiger partial charge in [0.25, 0.3) is 10.0 Å². The molecule has 0 N–H and O–H groups in total. The highest BCUT2D eigenvalue weighted by Gasteiger charge is 2.99. The predicted octanol–water partition coefficient (Wildman–Crippen LogP) is 6.52. The van der Waals surface area contributed by atoms with Gasteiger partial charge in [-0.1, -0.05) is 0 Å². The Kier molecular flexibility index (Phi) is 13.2. The molecule has 314 valence electrons. The first-order valence-corrected chi connectivity index (χ1v) is 15.7. The van der Waals surface area contributed by atoms with Gasteiger partial charge in [-0.2, -0.15) is 105 Å². The van der Waals surface area contributed by atoms with Crippen LogP contribution in [-0.4, -0.2) is 141 Å². The quantitative estimate of drug-likeness (QED) is 0.0838. The van der Waals surface area contributed by atoms with Crippen LogP contribution in [0.4, 0.5) is 101 Å². The van der Waals surface area contributed by atoms with Crippen LogP contribution in [0.15, 0.2) is 0 Å². The smallest absolute Gasteiger partial charge is 0.460 e. The van der Waals surface area contributed by atoms with E-state index in [2.05, 4.69) is 0 Å². The van der Waals surface area contributed by atoms with E-state index in [1.807, 2.05) is 0 Å². The molecule has 0 aliphatic carbocycles. The van der Waals surface area contributed by atoms with Crippen LogP contribution in [0.2, 0.25) is 0 Å². The maximum Gasteiger partial charge on any atom is 0.460 e. The molecule has 32 heteroatoms. The zero-order chi connectivity index (χ0) is 42.8. The third-order valence-corrected chi connectivity index (χ3v) is 9.70. The Morgan fingerprint density at radius 2 is 0.750 bits per heavy atom. The van der Waals surface area contributed by atoms with Gasteiger partial charge in [-0.3, -0.25) is 0 Å². The molecule has 52 heavy (non-hydrogen) atoms. The highest BCUT2D eigenvalue weighted by Crippen LogP contribution is 2.67. The molecule has 0 bridgehead atoms. The summed E-state index contributed by atoms with van der Waals surface area (Å²) in [4.78, 5) is 0. The molecule has 0 saturated heterocycles. The van der Waals surface area contributed by atoms with Crippen LogP contribution in [-0.2, 0) is 20.1 Å². The number of quaternary nitrogens is 1. The number of hydrogen-bond donors (Lipinski definition) is 0. The molecule has 0 amide bonds. The van der Waals surface area contributed by atoms with Gasteiger partial charge in [-0.15, -0.1) is 0 Å². The van der Waals surface area contributed by atoms with Crippen LogP contribution in [0.5, 0.6) is 0 Å². The van der Waals surface area contributed by atoms with Gasteiger partial charge >= 0.3 is 64.7 Å². The van der Waals surface area contributed by atoms with Crippen LogP contribution >= 0.6 is 0 Å². The van der Waals surface area contributed by atoms with Gasteiger partial charge in [0.15, 0.2) is 0 Å². The molecule has 0 aromatic heterocycles. The molecular formula is C20H21F23N2O5S2. The Bertz CT molecular complexity index is 1490. The highest BCUT2D eigenvalue weighted by atomic mass is 32.2. The van der Waals surface area contributed by atoms with E-state index in [1.54, 1.807) is 0 Å². The van der Waals surface area contributed by atoms with Crippen LogP contribution in [0, 0.1) is 0 Å². The number of rotatable bonds is 19. The SMILES string of the molecule is CN(CCC[N+](C)(C)CCCS(=O)(=O)[O-])S(=O)(=O)C(F)(F)C(F)(F)C(F)(F)C(F)(F)C(F)(F)C(F)(F)C(F)(F)C(F)(F)C(F)(F)C(F)(F)C(F)(F)F. The van der Waals surface area contributed by atoms with Crippen molar-refractivity contribution in [3.8, 4) is 0 Å². The second kappa shape index (κ2) is 13.7. The van der Waals surface area contributed by atoms with Crippen molar-refractivity contribution in [1.29, 1.82) is 0 Å². The predicted molar refractivity (Wildman–Crippen MR) is 123 cm³/mol. The van der Waals surface area contributed by atoms with Crippen LogP contribution < -0.4 is 0 Å². The molecule has 0 fully saturated rings. The van der Waals surface area contributed by atoms with Crippen molar-refractivity contribution in [3.63, 3.8) is 0 Å². The lowest BCUT2D eigenvalue weighted by Gasteiger charge is -2.45. The molecule has 0 radical (unpaired) electrons. The molecule has 0 saturated carbocycles. The summed E-state index contributed by atoms with van der Waals surface area (Å²) < 4.78 is 367. The summed E-state index contributed by atoms with van der Waals surface area (Å²) >= 11 is 0. The van der Waals surface area contributed by atoms with E-state index >= 15 is 0 Å². The fraction of sp³-hybridized carbons (Fsp3) is 1.00. The van der Waals surface area contributed by atoms with Crippen molar-refractivity contribution in [1.82, 2.24) is 4.31 Å². The lowest BCUT2D eigenvalue weighted by molar-refractivity contribution is -0.890. The highest BCUT2D eigenvalue weighted by molar-refractivity contribution is 7.90. The van der Waals surface area contributed by atoms with E-state index in [0.29, 0.717) is 0 Å². The third-order valence-electron chi connectivity index (χ3n) is 7.00. The summed E-state index contributed by atoms with van der Waals surface area (Å²) in [6.45, 7) is -2.34. The van der Waals surface area contributed by atoms with E-state index in [-0.39, 0.29) is 13.6 Å². The van der Waals surface area contributed by atoms with E-state index < -0.39 is 125 Å². The monoisotopic (exact) mass is 870 g/mol. The van der Waals surface area contributed by atoms with Gasteiger partial charge in [-0.25, -0.2) is 16.8 Å². The van der Waals surface area contributed by atoms with Gasteiger partial charge in [0.1, 0.15) is 0 Å². The van der Waals surface area contributed by atoms with Crippen molar-refractivity contribution >= 4 is 20.1 Å². The van der Waals surface area contributed by atoms with Crippen LogP contribution in [0.3, 0.4) is 0 Å².